The zero-order chi connectivity index (χ0) is 22.2. The monoisotopic (exact) mass is 394 g/mol. The maximum Gasteiger partial charge on any atom is 0.0928 e. The summed E-state index contributed by atoms with van der Waals surface area (Å²) in [5.74, 6) is -3.09. The first-order valence-corrected chi connectivity index (χ1v) is 9.52. The van der Waals surface area contributed by atoms with Crippen LogP contribution in [0.25, 0.3) is 0 Å². The van der Waals surface area contributed by atoms with E-state index in [1.165, 1.54) is 0 Å². The van der Waals surface area contributed by atoms with E-state index >= 15 is 0 Å². The highest BCUT2D eigenvalue weighted by molar-refractivity contribution is 5.87. The lowest BCUT2D eigenvalue weighted by Gasteiger charge is -2.08. The van der Waals surface area contributed by atoms with Crippen molar-refractivity contribution in [1.29, 1.82) is 0 Å². The van der Waals surface area contributed by atoms with Gasteiger partial charge in [0.2, 0.25) is 0 Å². The number of carboxylic acid groups (broad SMARTS) is 2. The van der Waals surface area contributed by atoms with Gasteiger partial charge in [0.15, 0.2) is 0 Å². The van der Waals surface area contributed by atoms with Gasteiger partial charge in [0.1, 0.15) is 0 Å². The number of hydrogen-bond donors (Lipinski definition) is 2. The van der Waals surface area contributed by atoms with Crippen LogP contribution in [0.5, 0.6) is 0 Å². The summed E-state index contributed by atoms with van der Waals surface area (Å²) < 4.78 is 0. The van der Waals surface area contributed by atoms with Crippen molar-refractivity contribution in [3.8, 4) is 0 Å². The van der Waals surface area contributed by atoms with Crippen LogP contribution < -0.4 is 20.8 Å². The number of quaternary nitrogens is 2. The lowest BCUT2D eigenvalue weighted by atomic mass is 10.1. The van der Waals surface area contributed by atoms with E-state index < -0.39 is 11.9 Å². The standard InChI is InChI=1S/2C9H17N.C4H4O4/c2*1-4-7-9(8-5-2)10-6-3;5-3(6)1-2-4(7)8/h2*4-5,9-10H,1-2,6-8H2,3H3;1-2H,(H,5,6)(H,7,8)/b;;2-1-. The quantitative estimate of drug-likeness (QED) is 0.297. The molecule has 0 bridgehead atoms. The van der Waals surface area contributed by atoms with Crippen molar-refractivity contribution in [3.63, 3.8) is 0 Å². The van der Waals surface area contributed by atoms with Crippen LogP contribution in [0.4, 0.5) is 0 Å². The van der Waals surface area contributed by atoms with Gasteiger partial charge in [-0.1, -0.05) is 24.3 Å². The second-order valence-corrected chi connectivity index (χ2v) is 5.88. The fourth-order valence-corrected chi connectivity index (χ4v) is 2.24. The molecule has 0 saturated carbocycles. The van der Waals surface area contributed by atoms with Gasteiger partial charge in [0, 0.05) is 25.7 Å². The Labute approximate surface area is 170 Å². The number of nitrogens with two attached hydrogens (primary N) is 2. The second kappa shape index (κ2) is 24.6. The molecule has 0 radical (unpaired) electrons. The largest absolute Gasteiger partial charge is 0.545 e. The summed E-state index contributed by atoms with van der Waals surface area (Å²) in [4.78, 5) is 18.8. The molecule has 0 unspecified atom stereocenters. The summed E-state index contributed by atoms with van der Waals surface area (Å²) in [7, 11) is 0. The van der Waals surface area contributed by atoms with Crippen LogP contribution in [-0.4, -0.2) is 37.1 Å². The lowest BCUT2D eigenvalue weighted by molar-refractivity contribution is -0.685. The van der Waals surface area contributed by atoms with E-state index in [0.717, 1.165) is 38.8 Å². The van der Waals surface area contributed by atoms with Gasteiger partial charge < -0.3 is 30.4 Å². The average Bonchev–Trinajstić information content (AvgIpc) is 2.62. The number of carbonyl (C=O) groups excluding carboxylic acids is 2. The van der Waals surface area contributed by atoms with Gasteiger partial charge in [0.05, 0.1) is 37.1 Å². The highest BCUT2D eigenvalue weighted by atomic mass is 16.4. The third kappa shape index (κ3) is 28.4. The highest BCUT2D eigenvalue weighted by Gasteiger charge is 2.04. The Balaban J connectivity index is -0.000000337. The molecule has 0 saturated heterocycles. The first-order chi connectivity index (χ1) is 13.3. The summed E-state index contributed by atoms with van der Waals surface area (Å²) >= 11 is 0. The molecule has 0 rings (SSSR count). The molecule has 0 aliphatic rings. The van der Waals surface area contributed by atoms with Gasteiger partial charge in [-0.25, -0.2) is 0 Å². The van der Waals surface area contributed by atoms with E-state index in [1.807, 2.05) is 24.3 Å². The van der Waals surface area contributed by atoms with Crippen LogP contribution in [0, 0.1) is 0 Å². The van der Waals surface area contributed by atoms with Crippen LogP contribution in [0.1, 0.15) is 39.5 Å². The van der Waals surface area contributed by atoms with E-state index in [9.17, 15) is 19.8 Å². The molecule has 0 fully saturated rings. The van der Waals surface area contributed by atoms with Gasteiger partial charge in [-0.15, -0.1) is 26.3 Å². The Bertz CT molecular complexity index is 411. The number of rotatable bonds is 14. The minimum Gasteiger partial charge on any atom is -0.545 e. The molecule has 0 aromatic heterocycles. The van der Waals surface area contributed by atoms with E-state index in [2.05, 4.69) is 50.8 Å². The van der Waals surface area contributed by atoms with E-state index in [1.54, 1.807) is 0 Å². The fourth-order valence-electron chi connectivity index (χ4n) is 2.24. The maximum atomic E-state index is 9.41. The molecular formula is C22H38N2O4. The summed E-state index contributed by atoms with van der Waals surface area (Å²) in [6.45, 7) is 21.5. The zero-order valence-corrected chi connectivity index (χ0v) is 17.5. The van der Waals surface area contributed by atoms with Crippen molar-refractivity contribution in [1.82, 2.24) is 0 Å². The molecule has 4 N–H and O–H groups in total. The molecule has 0 spiro atoms. The zero-order valence-electron chi connectivity index (χ0n) is 17.5. The molecule has 0 aliphatic heterocycles. The number of carboxylic acids is 2. The molecule has 0 amide bonds. The Morgan fingerprint density at radius 1 is 0.714 bits per heavy atom. The molecular weight excluding hydrogens is 356 g/mol. The molecule has 0 aromatic carbocycles. The Morgan fingerprint density at radius 2 is 0.964 bits per heavy atom. The number of hydrogen-bond acceptors (Lipinski definition) is 4. The summed E-state index contributed by atoms with van der Waals surface area (Å²) in [5.41, 5.74) is 0. The Hall–Kier alpha value is -2.44. The smallest absolute Gasteiger partial charge is 0.0928 e. The van der Waals surface area contributed by atoms with Crippen molar-refractivity contribution < 1.29 is 30.4 Å². The van der Waals surface area contributed by atoms with Crippen LogP contribution in [0.3, 0.4) is 0 Å². The Morgan fingerprint density at radius 3 is 1.11 bits per heavy atom. The van der Waals surface area contributed by atoms with Crippen molar-refractivity contribution in [3.05, 3.63) is 62.8 Å². The third-order valence-electron chi connectivity index (χ3n) is 3.37. The minimum atomic E-state index is -1.55. The molecule has 0 heterocycles. The first-order valence-electron chi connectivity index (χ1n) is 9.52. The fraction of sp³-hybridized carbons (Fsp3) is 0.455. The van der Waals surface area contributed by atoms with Crippen molar-refractivity contribution in [2.45, 2.75) is 51.6 Å². The van der Waals surface area contributed by atoms with Crippen LogP contribution in [-0.2, 0) is 9.59 Å². The summed E-state index contributed by atoms with van der Waals surface area (Å²) in [6.07, 6.45) is 13.0. The van der Waals surface area contributed by atoms with E-state index in [-0.39, 0.29) is 0 Å². The molecule has 6 heteroatoms. The molecule has 0 aliphatic carbocycles. The maximum absolute atomic E-state index is 9.41. The average molecular weight is 395 g/mol. The lowest BCUT2D eigenvalue weighted by Crippen LogP contribution is -2.89. The summed E-state index contributed by atoms with van der Waals surface area (Å²) in [5, 5.41) is 23.5. The number of carbonyl (C=O) groups is 2. The van der Waals surface area contributed by atoms with Gasteiger partial charge in [-0.3, -0.25) is 0 Å². The molecule has 0 aromatic rings. The number of aliphatic carboxylic acids is 2. The molecule has 6 nitrogen and oxygen atoms in total. The topological polar surface area (TPSA) is 113 Å². The minimum absolute atomic E-state index is 0.384. The SMILES string of the molecule is C=CCC(CC=C)[NH2+]CC.C=CCC(CC=C)[NH2+]CC.O=C([O-])/C=C\C(=O)[O-]. The Kier molecular flexibility index (Phi) is 26.6. The summed E-state index contributed by atoms with van der Waals surface area (Å²) in [6, 6.07) is 1.33. The first kappa shape index (κ1) is 30.3. The van der Waals surface area contributed by atoms with Crippen LogP contribution >= 0.6 is 0 Å². The third-order valence-corrected chi connectivity index (χ3v) is 3.37. The van der Waals surface area contributed by atoms with Gasteiger partial charge in [0.25, 0.3) is 0 Å². The van der Waals surface area contributed by atoms with Crippen molar-refractivity contribution >= 4 is 11.9 Å². The van der Waals surface area contributed by atoms with Crippen molar-refractivity contribution in [2.24, 2.45) is 0 Å². The van der Waals surface area contributed by atoms with Crippen LogP contribution in [0.2, 0.25) is 0 Å². The van der Waals surface area contributed by atoms with Crippen molar-refractivity contribution in [2.75, 3.05) is 13.1 Å². The van der Waals surface area contributed by atoms with Crippen LogP contribution in [0.15, 0.2) is 62.8 Å². The predicted octanol–water partition coefficient (Wildman–Crippen LogP) is -0.777. The second-order valence-electron chi connectivity index (χ2n) is 5.88. The predicted molar refractivity (Wildman–Crippen MR) is 111 cm³/mol. The molecule has 160 valence electrons. The normalized spacial score (nSPS) is 9.71. The molecule has 28 heavy (non-hydrogen) atoms. The van der Waals surface area contributed by atoms with E-state index in [0.29, 0.717) is 24.2 Å². The molecule has 0 atom stereocenters. The highest BCUT2D eigenvalue weighted by Crippen LogP contribution is 1.93. The van der Waals surface area contributed by atoms with Gasteiger partial charge >= 0.3 is 0 Å². The van der Waals surface area contributed by atoms with Gasteiger partial charge in [-0.05, 0) is 26.0 Å². The van der Waals surface area contributed by atoms with Gasteiger partial charge in [-0.2, -0.15) is 0 Å². The van der Waals surface area contributed by atoms with E-state index in [4.69, 9.17) is 0 Å².